The molecule has 2 amide bonds. The standard InChI is InChI=1S/C25H24F6N4O3S/c1-4-35-13(3)19(21(36)38-5-2)20(34-23(35)39)14-6-8-17(9-7-14)32-22(37)33-18-11-15(24(26,27)28)10-16(12-18)25(29,30)31/h6-12,20H,4-5H2,1-3H3,(H,34,39)(H2,32,33,37). The van der Waals surface area contributed by atoms with Crippen LogP contribution in [0.3, 0.4) is 0 Å². The number of allylic oxidation sites excluding steroid dienone is 1. The van der Waals surface area contributed by atoms with Gasteiger partial charge in [0.15, 0.2) is 5.11 Å². The van der Waals surface area contributed by atoms with Crippen LogP contribution >= 0.6 is 12.2 Å². The third-order valence-electron chi connectivity index (χ3n) is 5.76. The van der Waals surface area contributed by atoms with Gasteiger partial charge in [0.1, 0.15) is 0 Å². The van der Waals surface area contributed by atoms with Crippen LogP contribution in [0, 0.1) is 0 Å². The lowest BCUT2D eigenvalue weighted by atomic mass is 9.95. The van der Waals surface area contributed by atoms with Gasteiger partial charge in [-0.05, 0) is 68.9 Å². The Balaban J connectivity index is 1.82. The average molecular weight is 575 g/mol. The maximum absolute atomic E-state index is 13.1. The molecule has 0 aliphatic carbocycles. The van der Waals surface area contributed by atoms with Crippen molar-refractivity contribution < 1.29 is 40.7 Å². The van der Waals surface area contributed by atoms with Gasteiger partial charge in [-0.25, -0.2) is 9.59 Å². The normalized spacial score (nSPS) is 16.1. The Bertz CT molecular complexity index is 1260. The van der Waals surface area contributed by atoms with E-state index in [2.05, 4.69) is 10.6 Å². The minimum atomic E-state index is -5.05. The van der Waals surface area contributed by atoms with E-state index in [4.69, 9.17) is 17.0 Å². The average Bonchev–Trinajstić information content (AvgIpc) is 2.83. The minimum Gasteiger partial charge on any atom is -0.463 e. The molecule has 0 saturated heterocycles. The lowest BCUT2D eigenvalue weighted by Crippen LogP contribution is -2.47. The van der Waals surface area contributed by atoms with Gasteiger partial charge in [-0.3, -0.25) is 0 Å². The van der Waals surface area contributed by atoms with Crippen molar-refractivity contribution in [2.45, 2.75) is 39.2 Å². The number of esters is 1. The van der Waals surface area contributed by atoms with Crippen LogP contribution in [-0.2, 0) is 21.9 Å². The van der Waals surface area contributed by atoms with E-state index in [1.165, 1.54) is 12.1 Å². The molecule has 1 aliphatic heterocycles. The molecule has 3 N–H and O–H groups in total. The van der Waals surface area contributed by atoms with Crippen LogP contribution in [0.2, 0.25) is 0 Å². The van der Waals surface area contributed by atoms with Crippen molar-refractivity contribution in [1.82, 2.24) is 10.2 Å². The number of carbonyl (C=O) groups is 2. The van der Waals surface area contributed by atoms with E-state index in [1.807, 2.05) is 12.2 Å². The zero-order chi connectivity index (χ0) is 29.1. The number of urea groups is 1. The fraction of sp³-hybridized carbons (Fsp3) is 0.320. The van der Waals surface area contributed by atoms with Gasteiger partial charge < -0.3 is 25.6 Å². The number of carbonyl (C=O) groups excluding carboxylic acids is 2. The van der Waals surface area contributed by atoms with Crippen LogP contribution < -0.4 is 16.0 Å². The molecule has 0 bridgehead atoms. The number of alkyl halides is 6. The van der Waals surface area contributed by atoms with Gasteiger partial charge in [0.2, 0.25) is 0 Å². The number of rotatable bonds is 6. The highest BCUT2D eigenvalue weighted by Crippen LogP contribution is 2.38. The zero-order valence-electron chi connectivity index (χ0n) is 20.9. The number of ether oxygens (including phenoxy) is 1. The van der Waals surface area contributed by atoms with Gasteiger partial charge >= 0.3 is 24.4 Å². The molecule has 39 heavy (non-hydrogen) atoms. The Kier molecular flexibility index (Phi) is 8.78. The highest BCUT2D eigenvalue weighted by molar-refractivity contribution is 7.80. The van der Waals surface area contributed by atoms with E-state index < -0.39 is 47.2 Å². The fourth-order valence-corrected chi connectivity index (χ4v) is 4.35. The molecular weight excluding hydrogens is 550 g/mol. The summed E-state index contributed by atoms with van der Waals surface area (Å²) in [5, 5.41) is 7.85. The molecule has 7 nitrogen and oxygen atoms in total. The predicted octanol–water partition coefficient (Wildman–Crippen LogP) is 6.46. The van der Waals surface area contributed by atoms with Crippen LogP contribution in [0.5, 0.6) is 0 Å². The second-order valence-corrected chi connectivity index (χ2v) is 8.73. The van der Waals surface area contributed by atoms with Crippen LogP contribution in [0.25, 0.3) is 0 Å². The van der Waals surface area contributed by atoms with Crippen LogP contribution in [-0.4, -0.2) is 35.2 Å². The molecule has 14 heteroatoms. The number of thiocarbonyl (C=S) groups is 1. The minimum absolute atomic E-state index is 0.0345. The highest BCUT2D eigenvalue weighted by Gasteiger charge is 2.37. The predicted molar refractivity (Wildman–Crippen MR) is 136 cm³/mol. The molecule has 1 atom stereocenters. The Morgan fingerprint density at radius 1 is 0.949 bits per heavy atom. The van der Waals surface area contributed by atoms with Crippen molar-refractivity contribution in [3.05, 3.63) is 70.4 Å². The van der Waals surface area contributed by atoms with Crippen molar-refractivity contribution in [2.75, 3.05) is 23.8 Å². The second-order valence-electron chi connectivity index (χ2n) is 8.34. The number of hydrogen-bond donors (Lipinski definition) is 3. The molecule has 0 aromatic heterocycles. The molecule has 3 rings (SSSR count). The summed E-state index contributed by atoms with van der Waals surface area (Å²) >= 11 is 5.42. The van der Waals surface area contributed by atoms with Gasteiger partial charge in [-0.2, -0.15) is 26.3 Å². The number of hydrogen-bond acceptors (Lipinski definition) is 4. The molecule has 1 unspecified atom stereocenters. The van der Waals surface area contributed by atoms with Crippen LogP contribution in [0.4, 0.5) is 42.5 Å². The summed E-state index contributed by atoms with van der Waals surface area (Å²) < 4.78 is 83.7. The summed E-state index contributed by atoms with van der Waals surface area (Å²) in [5.74, 6) is -0.533. The van der Waals surface area contributed by atoms with Gasteiger partial charge in [0.25, 0.3) is 0 Å². The topological polar surface area (TPSA) is 82.7 Å². The van der Waals surface area contributed by atoms with E-state index in [0.29, 0.717) is 40.6 Å². The Morgan fingerprint density at radius 2 is 1.49 bits per heavy atom. The Morgan fingerprint density at radius 3 is 1.97 bits per heavy atom. The molecule has 0 fully saturated rings. The molecule has 0 saturated carbocycles. The van der Waals surface area contributed by atoms with Crippen LogP contribution in [0.1, 0.15) is 43.5 Å². The lowest BCUT2D eigenvalue weighted by molar-refractivity contribution is -0.143. The number of nitrogens with one attached hydrogen (secondary N) is 3. The molecule has 0 radical (unpaired) electrons. The molecule has 2 aromatic carbocycles. The maximum atomic E-state index is 13.1. The van der Waals surface area contributed by atoms with E-state index in [1.54, 1.807) is 30.9 Å². The number of nitrogens with zero attached hydrogens (tertiary/aromatic N) is 1. The highest BCUT2D eigenvalue weighted by atomic mass is 32.1. The quantitative estimate of drug-likeness (QED) is 0.209. The van der Waals surface area contributed by atoms with Crippen molar-refractivity contribution in [2.24, 2.45) is 0 Å². The van der Waals surface area contributed by atoms with Gasteiger partial charge in [-0.1, -0.05) is 12.1 Å². The van der Waals surface area contributed by atoms with Crippen molar-refractivity contribution in [3.8, 4) is 0 Å². The smallest absolute Gasteiger partial charge is 0.416 e. The fourth-order valence-electron chi connectivity index (χ4n) is 3.96. The SMILES string of the molecule is CCOC(=O)C1=C(C)N(CC)C(=S)NC1c1ccc(NC(=O)Nc2cc(C(F)(F)F)cc(C(F)(F)F)c2)cc1. The second kappa shape index (κ2) is 11.5. The summed E-state index contributed by atoms with van der Waals surface area (Å²) in [6, 6.07) is 5.12. The van der Waals surface area contributed by atoms with Gasteiger partial charge in [0, 0.05) is 23.6 Å². The maximum Gasteiger partial charge on any atom is 0.416 e. The van der Waals surface area contributed by atoms with Crippen molar-refractivity contribution in [1.29, 1.82) is 0 Å². The molecule has 210 valence electrons. The largest absolute Gasteiger partial charge is 0.463 e. The summed E-state index contributed by atoms with van der Waals surface area (Å²) in [5.41, 5.74) is -2.07. The Hall–Kier alpha value is -3.81. The van der Waals surface area contributed by atoms with E-state index >= 15 is 0 Å². The third kappa shape index (κ3) is 6.99. The van der Waals surface area contributed by atoms with Crippen molar-refractivity contribution in [3.63, 3.8) is 0 Å². The van der Waals surface area contributed by atoms with E-state index in [0.717, 1.165) is 0 Å². The number of amides is 2. The summed E-state index contributed by atoms with van der Waals surface area (Å²) in [7, 11) is 0. The monoisotopic (exact) mass is 574 g/mol. The lowest BCUT2D eigenvalue weighted by Gasteiger charge is -2.37. The zero-order valence-corrected chi connectivity index (χ0v) is 21.7. The number of anilines is 2. The van der Waals surface area contributed by atoms with E-state index in [9.17, 15) is 35.9 Å². The number of halogens is 6. The van der Waals surface area contributed by atoms with Gasteiger partial charge in [0.05, 0.1) is 29.3 Å². The first-order valence-corrected chi connectivity index (χ1v) is 12.0. The molecule has 2 aromatic rings. The molecule has 0 spiro atoms. The first-order chi connectivity index (χ1) is 18.1. The summed E-state index contributed by atoms with van der Waals surface area (Å²) in [4.78, 5) is 26.8. The third-order valence-corrected chi connectivity index (χ3v) is 6.09. The first-order valence-electron chi connectivity index (χ1n) is 11.6. The number of benzene rings is 2. The van der Waals surface area contributed by atoms with Gasteiger partial charge in [-0.15, -0.1) is 0 Å². The summed E-state index contributed by atoms with van der Waals surface area (Å²) in [6.07, 6.45) is -10.1. The van der Waals surface area contributed by atoms with Crippen LogP contribution in [0.15, 0.2) is 53.7 Å². The molecular formula is C25H24F6N4O3S. The summed E-state index contributed by atoms with van der Waals surface area (Å²) in [6.45, 7) is 5.97. The first kappa shape index (κ1) is 29.7. The molecule has 1 heterocycles. The van der Waals surface area contributed by atoms with E-state index in [-0.39, 0.29) is 18.4 Å². The molecule has 1 aliphatic rings. The van der Waals surface area contributed by atoms with Crippen molar-refractivity contribution >= 4 is 40.7 Å². The Labute approximate surface area is 225 Å².